The Balaban J connectivity index is 1.95. The van der Waals surface area contributed by atoms with Crippen LogP contribution < -0.4 is 10.9 Å². The third-order valence-corrected chi connectivity index (χ3v) is 5.35. The topological polar surface area (TPSA) is 68.2 Å². The van der Waals surface area contributed by atoms with E-state index in [1.807, 2.05) is 30.3 Å². The van der Waals surface area contributed by atoms with E-state index >= 15 is 0 Å². The van der Waals surface area contributed by atoms with Crippen molar-refractivity contribution in [3.8, 4) is 0 Å². The van der Waals surface area contributed by atoms with Gasteiger partial charge in [0.05, 0.1) is 6.54 Å². The van der Waals surface area contributed by atoms with Crippen LogP contribution in [0.1, 0.15) is 65.3 Å². The number of hydrogen-bond acceptors (Lipinski definition) is 3. The third kappa shape index (κ3) is 4.35. The maximum absolute atomic E-state index is 12.9. The van der Waals surface area contributed by atoms with Crippen LogP contribution in [-0.2, 0) is 6.54 Å². The van der Waals surface area contributed by atoms with E-state index < -0.39 is 5.91 Å². The number of rotatable bonds is 8. The first-order chi connectivity index (χ1) is 13.0. The van der Waals surface area contributed by atoms with E-state index in [0.29, 0.717) is 18.5 Å². The van der Waals surface area contributed by atoms with Gasteiger partial charge in [0, 0.05) is 25.2 Å². The molecule has 142 valence electrons. The van der Waals surface area contributed by atoms with Gasteiger partial charge in [0.1, 0.15) is 5.56 Å². The third-order valence-electron chi connectivity index (χ3n) is 5.35. The zero-order chi connectivity index (χ0) is 19.4. The Morgan fingerprint density at radius 3 is 2.48 bits per heavy atom. The van der Waals surface area contributed by atoms with E-state index in [1.165, 1.54) is 17.7 Å². The number of carbonyl (C=O) groups excluding carboxylic acids is 2. The number of benzene rings is 1. The summed E-state index contributed by atoms with van der Waals surface area (Å²) < 4.78 is 1.46. The van der Waals surface area contributed by atoms with Gasteiger partial charge in [-0.3, -0.25) is 14.4 Å². The van der Waals surface area contributed by atoms with Crippen molar-refractivity contribution < 1.29 is 9.59 Å². The van der Waals surface area contributed by atoms with Crippen LogP contribution in [0.3, 0.4) is 0 Å². The van der Waals surface area contributed by atoms with E-state index in [1.54, 1.807) is 6.20 Å². The van der Waals surface area contributed by atoms with Gasteiger partial charge in [-0.25, -0.2) is 0 Å². The van der Waals surface area contributed by atoms with Crippen LogP contribution in [0.15, 0.2) is 47.4 Å². The lowest BCUT2D eigenvalue weighted by molar-refractivity contribution is 0.0951. The van der Waals surface area contributed by atoms with Crippen molar-refractivity contribution in [2.45, 2.75) is 45.6 Å². The van der Waals surface area contributed by atoms with Crippen LogP contribution in [0.5, 0.6) is 0 Å². The summed E-state index contributed by atoms with van der Waals surface area (Å²) >= 11 is 0. The zero-order valence-electron chi connectivity index (χ0n) is 16.0. The minimum absolute atomic E-state index is 0.00733. The van der Waals surface area contributed by atoms with Gasteiger partial charge in [0.15, 0.2) is 5.78 Å². The predicted octanol–water partition coefficient (Wildman–Crippen LogP) is 3.41. The van der Waals surface area contributed by atoms with Crippen LogP contribution >= 0.6 is 0 Å². The number of carbonyl (C=O) groups is 2. The molecule has 5 heteroatoms. The van der Waals surface area contributed by atoms with Gasteiger partial charge >= 0.3 is 0 Å². The lowest BCUT2D eigenvalue weighted by Gasteiger charge is -2.15. The Bertz CT molecular complexity index is 896. The quantitative estimate of drug-likeness (QED) is 0.728. The molecule has 2 aromatic rings. The molecule has 1 aliphatic rings. The molecule has 1 N–H and O–H groups in total. The van der Waals surface area contributed by atoms with Crippen molar-refractivity contribution in [3.05, 3.63) is 69.6 Å². The summed E-state index contributed by atoms with van der Waals surface area (Å²) in [5, 5.41) is 2.50. The highest BCUT2D eigenvalue weighted by atomic mass is 16.2. The molecule has 1 aromatic heterocycles. The molecular formula is C22H26N2O3. The molecule has 1 fully saturated rings. The Morgan fingerprint density at radius 2 is 1.89 bits per heavy atom. The number of nitrogens with zero attached hydrogens (tertiary/aromatic N) is 1. The summed E-state index contributed by atoms with van der Waals surface area (Å²) in [7, 11) is 1.48. The smallest absolute Gasteiger partial charge is 0.263 e. The predicted molar refractivity (Wildman–Crippen MR) is 105 cm³/mol. The number of ketones is 1. The molecular weight excluding hydrogens is 340 g/mol. The molecule has 5 nitrogen and oxygen atoms in total. The van der Waals surface area contributed by atoms with E-state index in [9.17, 15) is 14.4 Å². The Labute approximate surface area is 159 Å². The van der Waals surface area contributed by atoms with Gasteiger partial charge in [0.25, 0.3) is 11.5 Å². The van der Waals surface area contributed by atoms with Crippen molar-refractivity contribution in [2.24, 2.45) is 5.41 Å². The van der Waals surface area contributed by atoms with Crippen LogP contribution in [0.2, 0.25) is 0 Å². The minimum atomic E-state index is -0.467. The molecule has 0 atom stereocenters. The van der Waals surface area contributed by atoms with Gasteiger partial charge in [-0.05, 0) is 36.3 Å². The summed E-state index contributed by atoms with van der Waals surface area (Å²) in [6.07, 6.45) is 6.36. The average Bonchev–Trinajstić information content (AvgIpc) is 3.42. The molecule has 1 amide bonds. The second-order valence-corrected chi connectivity index (χ2v) is 7.49. The second kappa shape index (κ2) is 7.91. The van der Waals surface area contributed by atoms with E-state index in [0.717, 1.165) is 31.2 Å². The number of Topliss-reactive ketones (excluding diaryl/α,β-unsaturated/α-hetero) is 1. The fourth-order valence-corrected chi connectivity index (χ4v) is 3.65. The van der Waals surface area contributed by atoms with Gasteiger partial charge < -0.3 is 9.88 Å². The van der Waals surface area contributed by atoms with Crippen molar-refractivity contribution in [3.63, 3.8) is 0 Å². The molecule has 0 radical (unpaired) electrons. The molecule has 3 rings (SSSR count). The Kier molecular flexibility index (Phi) is 5.59. The van der Waals surface area contributed by atoms with E-state index in [4.69, 9.17) is 0 Å². The normalized spacial score (nSPS) is 14.6. The number of nitrogens with one attached hydrogen (secondary N) is 1. The first-order valence-corrected chi connectivity index (χ1v) is 9.52. The summed E-state index contributed by atoms with van der Waals surface area (Å²) in [4.78, 5) is 37.8. The van der Waals surface area contributed by atoms with Crippen LogP contribution in [0.25, 0.3) is 0 Å². The molecule has 1 saturated carbocycles. The second-order valence-electron chi connectivity index (χ2n) is 7.49. The molecule has 0 aliphatic heterocycles. The van der Waals surface area contributed by atoms with Gasteiger partial charge in [-0.15, -0.1) is 0 Å². The molecule has 27 heavy (non-hydrogen) atoms. The molecule has 1 aromatic carbocycles. The number of amides is 1. The Hall–Kier alpha value is -2.69. The SMILES string of the molecule is CCCC1(CC(=O)c2cc(C(=O)NC)c(=O)n(Cc3ccccc3)c2)CC1. The maximum Gasteiger partial charge on any atom is 0.263 e. The van der Waals surface area contributed by atoms with Gasteiger partial charge in [-0.1, -0.05) is 43.7 Å². The minimum Gasteiger partial charge on any atom is -0.355 e. The highest BCUT2D eigenvalue weighted by Crippen LogP contribution is 2.53. The molecule has 0 saturated heterocycles. The summed E-state index contributed by atoms with van der Waals surface area (Å²) in [6.45, 7) is 2.46. The lowest BCUT2D eigenvalue weighted by Crippen LogP contribution is -2.32. The average molecular weight is 366 g/mol. The van der Waals surface area contributed by atoms with Gasteiger partial charge in [-0.2, -0.15) is 0 Å². The summed E-state index contributed by atoms with van der Waals surface area (Å²) in [5.74, 6) is -0.459. The molecule has 0 bridgehead atoms. The first-order valence-electron chi connectivity index (χ1n) is 9.52. The van der Waals surface area contributed by atoms with E-state index in [2.05, 4.69) is 12.2 Å². The largest absolute Gasteiger partial charge is 0.355 e. The Morgan fingerprint density at radius 1 is 1.19 bits per heavy atom. The number of aromatic nitrogens is 1. The van der Waals surface area contributed by atoms with E-state index in [-0.39, 0.29) is 22.3 Å². The fourth-order valence-electron chi connectivity index (χ4n) is 3.65. The first kappa shape index (κ1) is 19.1. The molecule has 0 spiro atoms. The fraction of sp³-hybridized carbons (Fsp3) is 0.409. The molecule has 1 heterocycles. The summed E-state index contributed by atoms with van der Waals surface area (Å²) in [6, 6.07) is 11.0. The standard InChI is InChI=1S/C22H26N2O3/c1-3-9-22(10-11-22)13-19(25)17-12-18(20(26)23-2)21(27)24(15-17)14-16-7-5-4-6-8-16/h4-8,12,15H,3,9-11,13-14H2,1-2H3,(H,23,26). The molecule has 0 unspecified atom stereocenters. The zero-order valence-corrected chi connectivity index (χ0v) is 16.0. The van der Waals surface area contributed by atoms with Crippen LogP contribution in [0.4, 0.5) is 0 Å². The van der Waals surface area contributed by atoms with Crippen molar-refractivity contribution in [1.29, 1.82) is 0 Å². The number of hydrogen-bond donors (Lipinski definition) is 1. The maximum atomic E-state index is 12.9. The van der Waals surface area contributed by atoms with Crippen LogP contribution in [0, 0.1) is 5.41 Å². The lowest BCUT2D eigenvalue weighted by atomic mass is 9.91. The monoisotopic (exact) mass is 366 g/mol. The summed E-state index contributed by atoms with van der Waals surface area (Å²) in [5.41, 5.74) is 1.13. The van der Waals surface area contributed by atoms with Crippen molar-refractivity contribution in [1.82, 2.24) is 9.88 Å². The molecule has 1 aliphatic carbocycles. The number of pyridine rings is 1. The highest BCUT2D eigenvalue weighted by Gasteiger charge is 2.43. The van der Waals surface area contributed by atoms with Crippen molar-refractivity contribution in [2.75, 3.05) is 7.05 Å². The van der Waals surface area contributed by atoms with Crippen molar-refractivity contribution >= 4 is 11.7 Å². The van der Waals surface area contributed by atoms with Crippen LogP contribution in [-0.4, -0.2) is 23.3 Å². The highest BCUT2D eigenvalue weighted by molar-refractivity contribution is 6.00. The van der Waals surface area contributed by atoms with Gasteiger partial charge in [0.2, 0.25) is 0 Å².